The van der Waals surface area contributed by atoms with Gasteiger partial charge < -0.3 is 14.8 Å². The minimum absolute atomic E-state index is 0.130. The number of ether oxygens (including phenoxy) is 2. The van der Waals surface area contributed by atoms with Crippen molar-refractivity contribution in [2.45, 2.75) is 12.3 Å². The summed E-state index contributed by atoms with van der Waals surface area (Å²) in [5, 5.41) is 3.02. The van der Waals surface area contributed by atoms with Crippen molar-refractivity contribution in [1.82, 2.24) is 0 Å². The number of anilines is 1. The summed E-state index contributed by atoms with van der Waals surface area (Å²) in [6, 6.07) is 17.4. The monoisotopic (exact) mass is 408 g/mol. The number of halogens is 2. The Morgan fingerprint density at radius 3 is 2.40 bits per heavy atom. The third kappa shape index (κ3) is 3.99. The highest BCUT2D eigenvalue weighted by atomic mass is 19.1. The van der Waals surface area contributed by atoms with Crippen molar-refractivity contribution in [2.75, 3.05) is 26.1 Å². The first-order chi connectivity index (χ1) is 14.6. The molecule has 0 saturated heterocycles. The van der Waals surface area contributed by atoms with Crippen molar-refractivity contribution < 1.29 is 18.3 Å². The molecule has 0 bridgehead atoms. The number of nitrogens with zero attached hydrogens (tertiary/aromatic N) is 1. The molecular weight excluding hydrogens is 386 g/mol. The lowest BCUT2D eigenvalue weighted by Gasteiger charge is -2.27. The first-order valence-corrected chi connectivity index (χ1v) is 9.65. The van der Waals surface area contributed by atoms with Crippen LogP contribution in [0.15, 0.2) is 65.7 Å². The Morgan fingerprint density at radius 2 is 1.70 bits per heavy atom. The summed E-state index contributed by atoms with van der Waals surface area (Å²) in [5.74, 6) is 0.533. The first-order valence-electron chi connectivity index (χ1n) is 9.65. The van der Waals surface area contributed by atoms with E-state index in [1.54, 1.807) is 14.2 Å². The quantitative estimate of drug-likeness (QED) is 0.633. The van der Waals surface area contributed by atoms with Gasteiger partial charge in [-0.2, -0.15) is 0 Å². The van der Waals surface area contributed by atoms with E-state index in [2.05, 4.69) is 22.4 Å². The summed E-state index contributed by atoms with van der Waals surface area (Å²) in [4.78, 5) is 4.69. The van der Waals surface area contributed by atoms with Gasteiger partial charge in [0.2, 0.25) is 0 Å². The van der Waals surface area contributed by atoms with Gasteiger partial charge in [0.1, 0.15) is 17.5 Å². The molecule has 1 atom stereocenters. The molecule has 1 aliphatic heterocycles. The SMILES string of the molecule is COc1cc2c(cc1OC)C(Cc1ccccc1)CN=C2Nc1ccc(F)cc1F. The molecule has 0 radical (unpaired) electrons. The molecule has 6 heteroatoms. The van der Waals surface area contributed by atoms with E-state index in [0.717, 1.165) is 23.6 Å². The molecule has 0 spiro atoms. The van der Waals surface area contributed by atoms with E-state index in [1.165, 1.54) is 17.7 Å². The van der Waals surface area contributed by atoms with E-state index in [0.29, 0.717) is 23.9 Å². The van der Waals surface area contributed by atoms with E-state index < -0.39 is 11.6 Å². The smallest absolute Gasteiger partial charge is 0.161 e. The summed E-state index contributed by atoms with van der Waals surface area (Å²) >= 11 is 0. The number of nitrogens with one attached hydrogen (secondary N) is 1. The summed E-state index contributed by atoms with van der Waals surface area (Å²) in [5.41, 5.74) is 3.22. The molecular formula is C24H22F2N2O2. The number of amidine groups is 1. The van der Waals surface area contributed by atoms with E-state index in [-0.39, 0.29) is 11.6 Å². The van der Waals surface area contributed by atoms with Crippen LogP contribution in [0.5, 0.6) is 11.5 Å². The minimum Gasteiger partial charge on any atom is -0.493 e. The molecule has 1 N–H and O–H groups in total. The van der Waals surface area contributed by atoms with Gasteiger partial charge in [-0.15, -0.1) is 0 Å². The molecule has 3 aromatic rings. The Hall–Kier alpha value is -3.41. The number of hydrogen-bond donors (Lipinski definition) is 1. The molecule has 1 heterocycles. The van der Waals surface area contributed by atoms with Crippen LogP contribution in [0.3, 0.4) is 0 Å². The Morgan fingerprint density at radius 1 is 0.967 bits per heavy atom. The van der Waals surface area contributed by atoms with Crippen LogP contribution in [0.4, 0.5) is 14.5 Å². The van der Waals surface area contributed by atoms with Gasteiger partial charge in [-0.25, -0.2) is 8.78 Å². The Bertz CT molecular complexity index is 1080. The van der Waals surface area contributed by atoms with E-state index in [9.17, 15) is 8.78 Å². The standard InChI is InChI=1S/C24H22F2N2O2/c1-29-22-12-18-16(10-15-6-4-3-5-7-15)14-27-24(19(18)13-23(22)30-2)28-21-9-8-17(25)11-20(21)26/h3-9,11-13,16H,10,14H2,1-2H3,(H,27,28). The maximum absolute atomic E-state index is 14.2. The number of fused-ring (bicyclic) bond motifs is 1. The van der Waals surface area contributed by atoms with Crippen LogP contribution >= 0.6 is 0 Å². The van der Waals surface area contributed by atoms with Crippen LogP contribution in [-0.2, 0) is 6.42 Å². The molecule has 0 fully saturated rings. The molecule has 0 aliphatic carbocycles. The molecule has 3 aromatic carbocycles. The van der Waals surface area contributed by atoms with Crippen LogP contribution in [0.2, 0.25) is 0 Å². The highest BCUT2D eigenvalue weighted by Crippen LogP contribution is 2.38. The molecule has 0 aromatic heterocycles. The number of hydrogen-bond acceptors (Lipinski definition) is 4. The zero-order chi connectivity index (χ0) is 21.1. The highest BCUT2D eigenvalue weighted by Gasteiger charge is 2.26. The highest BCUT2D eigenvalue weighted by molar-refractivity contribution is 6.10. The summed E-state index contributed by atoms with van der Waals surface area (Å²) in [6.07, 6.45) is 0.811. The largest absolute Gasteiger partial charge is 0.493 e. The molecule has 1 aliphatic rings. The van der Waals surface area contributed by atoms with Crippen molar-refractivity contribution in [3.8, 4) is 11.5 Å². The second-order valence-electron chi connectivity index (χ2n) is 7.12. The number of benzene rings is 3. The van der Waals surface area contributed by atoms with Crippen molar-refractivity contribution in [3.05, 3.63) is 89.0 Å². The van der Waals surface area contributed by atoms with Crippen LogP contribution in [0.1, 0.15) is 22.6 Å². The second kappa shape index (κ2) is 8.53. The predicted molar refractivity (Wildman–Crippen MR) is 114 cm³/mol. The van der Waals surface area contributed by atoms with Crippen molar-refractivity contribution in [1.29, 1.82) is 0 Å². The lowest BCUT2D eigenvalue weighted by Crippen LogP contribution is -2.25. The average molecular weight is 408 g/mol. The maximum atomic E-state index is 14.2. The Kier molecular flexibility index (Phi) is 5.65. The van der Waals surface area contributed by atoms with Gasteiger partial charge in [-0.3, -0.25) is 4.99 Å². The van der Waals surface area contributed by atoms with Gasteiger partial charge in [0.15, 0.2) is 11.5 Å². The van der Waals surface area contributed by atoms with Gasteiger partial charge in [0.05, 0.1) is 19.9 Å². The minimum atomic E-state index is -0.675. The predicted octanol–water partition coefficient (Wildman–Crippen LogP) is 5.18. The summed E-state index contributed by atoms with van der Waals surface area (Å²) < 4.78 is 38.4. The molecule has 4 rings (SSSR count). The molecule has 1 unspecified atom stereocenters. The Balaban J connectivity index is 1.74. The lowest BCUT2D eigenvalue weighted by atomic mass is 9.86. The molecule has 30 heavy (non-hydrogen) atoms. The van der Waals surface area contributed by atoms with Crippen LogP contribution in [-0.4, -0.2) is 26.6 Å². The van der Waals surface area contributed by atoms with Crippen molar-refractivity contribution >= 4 is 11.5 Å². The van der Waals surface area contributed by atoms with Crippen LogP contribution in [0, 0.1) is 11.6 Å². The number of methoxy groups -OCH3 is 2. The summed E-state index contributed by atoms with van der Waals surface area (Å²) in [6.45, 7) is 0.530. The fourth-order valence-corrected chi connectivity index (χ4v) is 3.72. The fourth-order valence-electron chi connectivity index (χ4n) is 3.72. The topological polar surface area (TPSA) is 42.9 Å². The third-order valence-corrected chi connectivity index (χ3v) is 5.23. The van der Waals surface area contributed by atoms with Gasteiger partial charge in [0, 0.05) is 24.1 Å². The number of aliphatic imine (C=N–C) groups is 1. The molecule has 0 amide bonds. The van der Waals surface area contributed by atoms with E-state index in [4.69, 9.17) is 9.47 Å². The second-order valence-corrected chi connectivity index (χ2v) is 7.12. The van der Waals surface area contributed by atoms with Gasteiger partial charge >= 0.3 is 0 Å². The third-order valence-electron chi connectivity index (χ3n) is 5.23. The van der Waals surface area contributed by atoms with Gasteiger partial charge in [-0.05, 0) is 41.8 Å². The van der Waals surface area contributed by atoms with Crippen molar-refractivity contribution in [3.63, 3.8) is 0 Å². The maximum Gasteiger partial charge on any atom is 0.161 e. The Labute approximate surface area is 174 Å². The normalized spacial score (nSPS) is 15.2. The lowest BCUT2D eigenvalue weighted by molar-refractivity contribution is 0.354. The van der Waals surface area contributed by atoms with Gasteiger partial charge in [-0.1, -0.05) is 30.3 Å². The number of rotatable bonds is 5. The van der Waals surface area contributed by atoms with Crippen molar-refractivity contribution in [2.24, 2.45) is 4.99 Å². The van der Waals surface area contributed by atoms with E-state index in [1.807, 2.05) is 30.3 Å². The zero-order valence-corrected chi connectivity index (χ0v) is 16.8. The first kappa shape index (κ1) is 19.9. The summed E-state index contributed by atoms with van der Waals surface area (Å²) in [7, 11) is 3.17. The molecule has 4 nitrogen and oxygen atoms in total. The van der Waals surface area contributed by atoms with E-state index >= 15 is 0 Å². The fraction of sp³-hybridized carbons (Fsp3) is 0.208. The zero-order valence-electron chi connectivity index (χ0n) is 16.8. The molecule has 0 saturated carbocycles. The van der Waals surface area contributed by atoms with Crippen LogP contribution in [0.25, 0.3) is 0 Å². The molecule has 154 valence electrons. The van der Waals surface area contributed by atoms with Crippen LogP contribution < -0.4 is 14.8 Å². The average Bonchev–Trinajstić information content (AvgIpc) is 2.76. The van der Waals surface area contributed by atoms with Gasteiger partial charge in [0.25, 0.3) is 0 Å².